The fourth-order valence-electron chi connectivity index (χ4n) is 5.62. The summed E-state index contributed by atoms with van der Waals surface area (Å²) in [5.41, 5.74) is 2.60. The van der Waals surface area contributed by atoms with Gasteiger partial charge in [0.1, 0.15) is 17.5 Å². The Bertz CT molecular complexity index is 1730. The van der Waals surface area contributed by atoms with E-state index in [0.717, 1.165) is 11.0 Å². The number of carbonyl (C=O) groups is 2. The molecule has 4 aromatic rings. The molecule has 1 saturated carbocycles. The standard InChI is InChI=1S/C29H24F3N3O4S/c30-19-7-5-17(6-8-19)26-25(23-13-20(31)14-24(32)27(23)34-26)18-11-16(12-18)15-33-40(38,39)10-9-35-28(36)21-3-1-2-4-22(21)29(35)37/h1-8,13-14,16,18,33-34H,9-12,15H2. The number of carbonyl (C=O) groups excluding carboxylic acids is 2. The first-order chi connectivity index (χ1) is 19.1. The second-order valence-corrected chi connectivity index (χ2v) is 12.2. The first kappa shape index (κ1) is 26.3. The SMILES string of the molecule is O=C1c2ccccc2C(=O)N1CCS(=O)(=O)NCC1CC(c2c(-c3ccc(F)cc3)[nH]c3c(F)cc(F)cc23)C1. The first-order valence-electron chi connectivity index (χ1n) is 12.8. The number of hydrogen-bond acceptors (Lipinski definition) is 4. The molecule has 2 amide bonds. The predicted molar refractivity (Wildman–Crippen MR) is 143 cm³/mol. The number of benzene rings is 3. The topological polar surface area (TPSA) is 99.3 Å². The fraction of sp³-hybridized carbons (Fsp3) is 0.241. The zero-order chi connectivity index (χ0) is 28.2. The van der Waals surface area contributed by atoms with E-state index in [1.165, 1.54) is 30.3 Å². The maximum atomic E-state index is 14.6. The number of aromatic nitrogens is 1. The normalized spacial score (nSPS) is 18.8. The number of aromatic amines is 1. The second kappa shape index (κ2) is 9.90. The Morgan fingerprint density at radius 1 is 0.900 bits per heavy atom. The molecule has 40 heavy (non-hydrogen) atoms. The van der Waals surface area contributed by atoms with E-state index in [1.54, 1.807) is 24.3 Å². The molecule has 0 radical (unpaired) electrons. The minimum absolute atomic E-state index is 0.0245. The smallest absolute Gasteiger partial charge is 0.261 e. The van der Waals surface area contributed by atoms with Gasteiger partial charge in [0.15, 0.2) is 0 Å². The number of fused-ring (bicyclic) bond motifs is 2. The van der Waals surface area contributed by atoms with Crippen LogP contribution in [-0.2, 0) is 10.0 Å². The summed E-state index contributed by atoms with van der Waals surface area (Å²) in [6, 6.07) is 14.1. The average Bonchev–Trinajstić information content (AvgIpc) is 3.38. The van der Waals surface area contributed by atoms with Gasteiger partial charge in [-0.25, -0.2) is 26.3 Å². The molecule has 2 N–H and O–H groups in total. The highest BCUT2D eigenvalue weighted by Crippen LogP contribution is 2.48. The molecule has 1 aliphatic carbocycles. The Morgan fingerprint density at radius 3 is 2.20 bits per heavy atom. The van der Waals surface area contributed by atoms with Crippen molar-refractivity contribution in [2.45, 2.75) is 18.8 Å². The van der Waals surface area contributed by atoms with Crippen LogP contribution in [0.3, 0.4) is 0 Å². The minimum Gasteiger partial charge on any atom is -0.352 e. The highest BCUT2D eigenvalue weighted by Gasteiger charge is 2.37. The maximum absolute atomic E-state index is 14.6. The van der Waals surface area contributed by atoms with Gasteiger partial charge in [-0.3, -0.25) is 14.5 Å². The molecule has 1 fully saturated rings. The van der Waals surface area contributed by atoms with Crippen molar-refractivity contribution < 1.29 is 31.2 Å². The van der Waals surface area contributed by atoms with Crippen molar-refractivity contribution in [3.63, 3.8) is 0 Å². The van der Waals surface area contributed by atoms with Gasteiger partial charge in [0.05, 0.1) is 28.1 Å². The van der Waals surface area contributed by atoms with Crippen LogP contribution in [-0.4, -0.2) is 49.0 Å². The first-order valence-corrected chi connectivity index (χ1v) is 14.5. The molecule has 6 rings (SSSR count). The van der Waals surface area contributed by atoms with Gasteiger partial charge >= 0.3 is 0 Å². The van der Waals surface area contributed by atoms with E-state index >= 15 is 0 Å². The van der Waals surface area contributed by atoms with Crippen LogP contribution in [0.15, 0.2) is 60.7 Å². The lowest BCUT2D eigenvalue weighted by atomic mass is 9.70. The Hall–Kier alpha value is -3.96. The summed E-state index contributed by atoms with van der Waals surface area (Å²) < 4.78 is 70.1. The molecule has 3 aromatic carbocycles. The van der Waals surface area contributed by atoms with Crippen LogP contribution in [0.5, 0.6) is 0 Å². The molecule has 2 aliphatic rings. The van der Waals surface area contributed by atoms with E-state index in [4.69, 9.17) is 0 Å². The number of sulfonamides is 1. The molecule has 0 unspecified atom stereocenters. The zero-order valence-electron chi connectivity index (χ0n) is 21.1. The van der Waals surface area contributed by atoms with E-state index in [9.17, 15) is 31.2 Å². The van der Waals surface area contributed by atoms with Gasteiger partial charge in [0.2, 0.25) is 10.0 Å². The van der Waals surface area contributed by atoms with Crippen LogP contribution in [0, 0.1) is 23.4 Å². The molecule has 7 nitrogen and oxygen atoms in total. The summed E-state index contributed by atoms with van der Waals surface area (Å²) in [7, 11) is -3.78. The minimum atomic E-state index is -3.78. The number of amides is 2. The second-order valence-electron chi connectivity index (χ2n) is 10.2. The lowest BCUT2D eigenvalue weighted by molar-refractivity contribution is 0.0664. The van der Waals surface area contributed by atoms with Gasteiger partial charge in [-0.2, -0.15) is 0 Å². The third-order valence-corrected chi connectivity index (χ3v) is 9.02. The molecule has 1 aromatic heterocycles. The van der Waals surface area contributed by atoms with E-state index < -0.39 is 45.0 Å². The van der Waals surface area contributed by atoms with Crippen LogP contribution in [0.25, 0.3) is 22.2 Å². The van der Waals surface area contributed by atoms with Crippen LogP contribution >= 0.6 is 0 Å². The summed E-state index contributed by atoms with van der Waals surface area (Å²) in [5.74, 6) is -3.43. The van der Waals surface area contributed by atoms with E-state index in [2.05, 4.69) is 9.71 Å². The lowest BCUT2D eigenvalue weighted by Crippen LogP contribution is -2.40. The molecule has 11 heteroatoms. The molecule has 0 saturated heterocycles. The van der Waals surface area contributed by atoms with Crippen molar-refractivity contribution in [2.24, 2.45) is 5.92 Å². The monoisotopic (exact) mass is 567 g/mol. The highest BCUT2D eigenvalue weighted by molar-refractivity contribution is 7.89. The van der Waals surface area contributed by atoms with E-state index in [0.29, 0.717) is 35.0 Å². The van der Waals surface area contributed by atoms with Crippen LogP contribution < -0.4 is 4.72 Å². The maximum Gasteiger partial charge on any atom is 0.261 e. The molecule has 206 valence electrons. The van der Waals surface area contributed by atoms with Crippen LogP contribution in [0.4, 0.5) is 13.2 Å². The van der Waals surface area contributed by atoms with Gasteiger partial charge in [-0.15, -0.1) is 0 Å². The number of halogens is 3. The highest BCUT2D eigenvalue weighted by atomic mass is 32.2. The largest absolute Gasteiger partial charge is 0.352 e. The van der Waals surface area contributed by atoms with Gasteiger partial charge in [-0.1, -0.05) is 12.1 Å². The number of nitrogens with zero attached hydrogens (tertiary/aromatic N) is 1. The molecular weight excluding hydrogens is 543 g/mol. The lowest BCUT2D eigenvalue weighted by Gasteiger charge is -2.36. The summed E-state index contributed by atoms with van der Waals surface area (Å²) in [5, 5.41) is 0.404. The van der Waals surface area contributed by atoms with Gasteiger partial charge < -0.3 is 4.98 Å². The van der Waals surface area contributed by atoms with Crippen molar-refractivity contribution in [3.05, 3.63) is 94.8 Å². The van der Waals surface area contributed by atoms with Gasteiger partial charge in [0.25, 0.3) is 11.8 Å². The summed E-state index contributed by atoms with van der Waals surface area (Å²) in [4.78, 5) is 29.0. The van der Waals surface area contributed by atoms with Crippen molar-refractivity contribution in [1.82, 2.24) is 14.6 Å². The van der Waals surface area contributed by atoms with E-state index in [-0.39, 0.29) is 41.6 Å². The van der Waals surface area contributed by atoms with Crippen molar-refractivity contribution in [1.29, 1.82) is 0 Å². The van der Waals surface area contributed by atoms with Crippen LogP contribution in [0.2, 0.25) is 0 Å². The Balaban J connectivity index is 1.12. The molecule has 0 atom stereocenters. The van der Waals surface area contributed by atoms with Crippen molar-refractivity contribution in [3.8, 4) is 11.3 Å². The van der Waals surface area contributed by atoms with Crippen LogP contribution in [0.1, 0.15) is 45.0 Å². The zero-order valence-corrected chi connectivity index (χ0v) is 21.9. The van der Waals surface area contributed by atoms with Crippen molar-refractivity contribution >= 4 is 32.7 Å². The Morgan fingerprint density at radius 2 is 1.55 bits per heavy atom. The molecule has 0 bridgehead atoms. The number of imide groups is 1. The Kier molecular flexibility index (Phi) is 6.50. The molecule has 0 spiro atoms. The van der Waals surface area contributed by atoms with E-state index in [1.807, 2.05) is 0 Å². The summed E-state index contributed by atoms with van der Waals surface area (Å²) in [6.45, 7) is -0.111. The van der Waals surface area contributed by atoms with Gasteiger partial charge in [0, 0.05) is 24.5 Å². The summed E-state index contributed by atoms with van der Waals surface area (Å²) in [6.07, 6.45) is 1.14. The number of hydrogen-bond donors (Lipinski definition) is 2. The van der Waals surface area contributed by atoms with Crippen molar-refractivity contribution in [2.75, 3.05) is 18.8 Å². The molecule has 1 aliphatic heterocycles. The third kappa shape index (κ3) is 4.69. The summed E-state index contributed by atoms with van der Waals surface area (Å²) >= 11 is 0. The fourth-order valence-corrected chi connectivity index (χ4v) is 6.67. The molecular formula is C29H24F3N3O4S. The number of nitrogens with one attached hydrogen (secondary N) is 2. The predicted octanol–water partition coefficient (Wildman–Crippen LogP) is 4.96. The third-order valence-electron chi connectivity index (χ3n) is 7.70. The quantitative estimate of drug-likeness (QED) is 0.294. The number of H-pyrrole nitrogens is 1. The van der Waals surface area contributed by atoms with Gasteiger partial charge in [-0.05, 0) is 78.3 Å². The average molecular weight is 568 g/mol. The molecule has 2 heterocycles. The Labute approximate surface area is 228 Å². The number of rotatable bonds is 8.